The SMILES string of the molecule is CC(C)(CC(=O)O)CC(=O)N1CCCCC1Cn1ccnn1. The van der Waals surface area contributed by atoms with Crippen LogP contribution in [0.5, 0.6) is 0 Å². The first-order chi connectivity index (χ1) is 10.4. The van der Waals surface area contributed by atoms with E-state index in [2.05, 4.69) is 10.3 Å². The number of piperidine rings is 1. The molecule has 0 bridgehead atoms. The molecule has 1 saturated heterocycles. The standard InChI is InChI=1S/C15H24N4O3/c1-15(2,10-14(21)22)9-13(20)19-7-4-3-5-12(19)11-18-8-6-16-17-18/h6,8,12H,3-5,7,9-11H2,1-2H3,(H,21,22). The van der Waals surface area contributed by atoms with E-state index >= 15 is 0 Å². The van der Waals surface area contributed by atoms with Gasteiger partial charge in [-0.3, -0.25) is 14.3 Å². The zero-order valence-corrected chi connectivity index (χ0v) is 13.2. The maximum absolute atomic E-state index is 12.6. The Bertz CT molecular complexity index is 513. The summed E-state index contributed by atoms with van der Waals surface area (Å²) in [5.74, 6) is -0.827. The van der Waals surface area contributed by atoms with Crippen molar-refractivity contribution in [3.05, 3.63) is 12.4 Å². The van der Waals surface area contributed by atoms with Crippen molar-refractivity contribution < 1.29 is 14.7 Å². The first-order valence-electron chi connectivity index (χ1n) is 7.73. The van der Waals surface area contributed by atoms with Gasteiger partial charge < -0.3 is 10.0 Å². The van der Waals surface area contributed by atoms with Gasteiger partial charge in [0, 0.05) is 19.2 Å². The van der Waals surface area contributed by atoms with Crippen LogP contribution in [0.15, 0.2) is 12.4 Å². The van der Waals surface area contributed by atoms with Crippen LogP contribution in [0.3, 0.4) is 0 Å². The van der Waals surface area contributed by atoms with Crippen LogP contribution in [0.1, 0.15) is 46.0 Å². The number of carboxylic acid groups (broad SMARTS) is 1. The van der Waals surface area contributed by atoms with Gasteiger partial charge in [-0.05, 0) is 24.7 Å². The van der Waals surface area contributed by atoms with Gasteiger partial charge in [-0.1, -0.05) is 19.1 Å². The number of likely N-dealkylation sites (tertiary alicyclic amines) is 1. The van der Waals surface area contributed by atoms with Crippen molar-refractivity contribution in [3.63, 3.8) is 0 Å². The number of carbonyl (C=O) groups excluding carboxylic acids is 1. The third-order valence-corrected chi connectivity index (χ3v) is 4.08. The average molecular weight is 308 g/mol. The number of nitrogens with zero attached hydrogens (tertiary/aromatic N) is 4. The number of hydrogen-bond donors (Lipinski definition) is 1. The maximum atomic E-state index is 12.6. The van der Waals surface area contributed by atoms with Crippen molar-refractivity contribution in [2.24, 2.45) is 5.41 Å². The number of aliphatic carboxylic acids is 1. The van der Waals surface area contributed by atoms with Crippen LogP contribution < -0.4 is 0 Å². The number of amides is 1. The van der Waals surface area contributed by atoms with Crippen LogP contribution in [-0.2, 0) is 16.1 Å². The fourth-order valence-corrected chi connectivity index (χ4v) is 3.05. The minimum atomic E-state index is -0.865. The van der Waals surface area contributed by atoms with Gasteiger partial charge in [0.25, 0.3) is 0 Å². The van der Waals surface area contributed by atoms with Crippen molar-refractivity contribution in [2.75, 3.05) is 6.54 Å². The lowest BCUT2D eigenvalue weighted by Gasteiger charge is -2.37. The van der Waals surface area contributed by atoms with Gasteiger partial charge in [-0.2, -0.15) is 0 Å². The van der Waals surface area contributed by atoms with Crippen molar-refractivity contribution in [2.45, 2.75) is 58.5 Å². The van der Waals surface area contributed by atoms with Crippen molar-refractivity contribution in [1.82, 2.24) is 19.9 Å². The lowest BCUT2D eigenvalue weighted by molar-refractivity contribution is -0.141. The second kappa shape index (κ2) is 6.89. The monoisotopic (exact) mass is 308 g/mol. The summed E-state index contributed by atoms with van der Waals surface area (Å²) >= 11 is 0. The average Bonchev–Trinajstić information content (AvgIpc) is 2.90. The van der Waals surface area contributed by atoms with E-state index in [-0.39, 0.29) is 24.8 Å². The van der Waals surface area contributed by atoms with E-state index in [1.54, 1.807) is 17.1 Å². The van der Waals surface area contributed by atoms with Gasteiger partial charge in [-0.25, -0.2) is 0 Å². The van der Waals surface area contributed by atoms with E-state index in [4.69, 9.17) is 5.11 Å². The minimum absolute atomic E-state index is 0.000320. The van der Waals surface area contributed by atoms with E-state index in [0.717, 1.165) is 25.8 Å². The highest BCUT2D eigenvalue weighted by atomic mass is 16.4. The molecule has 22 heavy (non-hydrogen) atoms. The Labute approximate surface area is 130 Å². The molecular formula is C15H24N4O3. The maximum Gasteiger partial charge on any atom is 0.303 e. The smallest absolute Gasteiger partial charge is 0.303 e. The molecule has 1 N–H and O–H groups in total. The van der Waals surface area contributed by atoms with Crippen LogP contribution in [-0.4, -0.2) is 49.5 Å². The molecule has 2 heterocycles. The van der Waals surface area contributed by atoms with Gasteiger partial charge in [0.1, 0.15) is 0 Å². The van der Waals surface area contributed by atoms with Crippen LogP contribution in [0.25, 0.3) is 0 Å². The molecule has 1 amide bonds. The number of rotatable bonds is 6. The molecule has 1 unspecified atom stereocenters. The Hall–Kier alpha value is -1.92. The molecule has 0 aromatic carbocycles. The molecule has 1 aromatic heterocycles. The van der Waals surface area contributed by atoms with Gasteiger partial charge in [-0.15, -0.1) is 5.10 Å². The molecule has 7 nitrogen and oxygen atoms in total. The zero-order valence-electron chi connectivity index (χ0n) is 13.2. The topological polar surface area (TPSA) is 88.3 Å². The second-order valence-electron chi connectivity index (χ2n) is 6.77. The Kier molecular flexibility index (Phi) is 5.15. The summed E-state index contributed by atoms with van der Waals surface area (Å²) in [5, 5.41) is 16.7. The molecule has 1 aromatic rings. The molecule has 1 fully saturated rings. The molecule has 0 saturated carbocycles. The van der Waals surface area contributed by atoms with Crippen LogP contribution in [0.4, 0.5) is 0 Å². The molecular weight excluding hydrogens is 284 g/mol. The van der Waals surface area contributed by atoms with E-state index in [1.165, 1.54) is 0 Å². The highest BCUT2D eigenvalue weighted by molar-refractivity contribution is 5.78. The van der Waals surface area contributed by atoms with E-state index in [0.29, 0.717) is 6.54 Å². The molecule has 122 valence electrons. The number of carboxylic acids is 1. The molecule has 1 aliphatic heterocycles. The van der Waals surface area contributed by atoms with Crippen LogP contribution in [0, 0.1) is 5.41 Å². The summed E-state index contributed by atoms with van der Waals surface area (Å²) < 4.78 is 1.75. The number of aromatic nitrogens is 3. The first-order valence-corrected chi connectivity index (χ1v) is 7.73. The third kappa shape index (κ3) is 4.54. The fourth-order valence-electron chi connectivity index (χ4n) is 3.05. The Morgan fingerprint density at radius 1 is 1.32 bits per heavy atom. The normalized spacial score (nSPS) is 19.2. The molecule has 1 atom stereocenters. The summed E-state index contributed by atoms with van der Waals surface area (Å²) in [4.78, 5) is 25.4. The predicted octanol–water partition coefficient (Wildman–Crippen LogP) is 1.55. The van der Waals surface area contributed by atoms with Gasteiger partial charge >= 0.3 is 5.97 Å². The summed E-state index contributed by atoms with van der Waals surface area (Å²) in [6.07, 6.45) is 6.73. The van der Waals surface area contributed by atoms with Gasteiger partial charge in [0.05, 0.1) is 25.2 Å². The summed E-state index contributed by atoms with van der Waals surface area (Å²) in [5.41, 5.74) is -0.530. The van der Waals surface area contributed by atoms with E-state index < -0.39 is 11.4 Å². The highest BCUT2D eigenvalue weighted by Crippen LogP contribution is 2.28. The third-order valence-electron chi connectivity index (χ3n) is 4.08. The summed E-state index contributed by atoms with van der Waals surface area (Å²) in [6.45, 7) is 5.04. The summed E-state index contributed by atoms with van der Waals surface area (Å²) in [7, 11) is 0. The van der Waals surface area contributed by atoms with Crippen molar-refractivity contribution in [1.29, 1.82) is 0 Å². The highest BCUT2D eigenvalue weighted by Gasteiger charge is 2.32. The number of hydrogen-bond acceptors (Lipinski definition) is 4. The molecule has 0 radical (unpaired) electrons. The number of carbonyl (C=O) groups is 2. The Balaban J connectivity index is 2.00. The lowest BCUT2D eigenvalue weighted by Crippen LogP contribution is -2.47. The van der Waals surface area contributed by atoms with Gasteiger partial charge in [0.2, 0.25) is 5.91 Å². The van der Waals surface area contributed by atoms with Crippen molar-refractivity contribution >= 4 is 11.9 Å². The lowest BCUT2D eigenvalue weighted by atomic mass is 9.84. The van der Waals surface area contributed by atoms with Gasteiger partial charge in [0.15, 0.2) is 0 Å². The predicted molar refractivity (Wildman–Crippen MR) is 80.0 cm³/mol. The van der Waals surface area contributed by atoms with Crippen LogP contribution in [0.2, 0.25) is 0 Å². The molecule has 7 heteroatoms. The Morgan fingerprint density at radius 2 is 2.09 bits per heavy atom. The fraction of sp³-hybridized carbons (Fsp3) is 0.733. The molecule has 0 spiro atoms. The second-order valence-corrected chi connectivity index (χ2v) is 6.77. The van der Waals surface area contributed by atoms with Crippen LogP contribution >= 0.6 is 0 Å². The zero-order chi connectivity index (χ0) is 16.2. The molecule has 1 aliphatic rings. The summed E-state index contributed by atoms with van der Waals surface area (Å²) in [6, 6.07) is 0.114. The molecule has 2 rings (SSSR count). The quantitative estimate of drug-likeness (QED) is 0.861. The van der Waals surface area contributed by atoms with E-state index in [1.807, 2.05) is 18.7 Å². The Morgan fingerprint density at radius 3 is 2.73 bits per heavy atom. The minimum Gasteiger partial charge on any atom is -0.481 e. The van der Waals surface area contributed by atoms with Crippen molar-refractivity contribution in [3.8, 4) is 0 Å². The molecule has 0 aliphatic carbocycles. The largest absolute Gasteiger partial charge is 0.481 e. The first kappa shape index (κ1) is 16.5. The van der Waals surface area contributed by atoms with E-state index in [9.17, 15) is 9.59 Å².